The number of carbonyl (C=O) groups is 1. The van der Waals surface area contributed by atoms with Crippen molar-refractivity contribution in [3.05, 3.63) is 47.5 Å². The molecule has 0 amide bonds. The second-order valence-electron chi connectivity index (χ2n) is 3.83. The van der Waals surface area contributed by atoms with E-state index in [1.165, 1.54) is 19.3 Å². The highest BCUT2D eigenvalue weighted by molar-refractivity contribution is 5.89. The fraction of sp³-hybridized carbons (Fsp3) is 0.400. The SMILES string of the molecule is CC=CCCCC.Cc1ccccc1C(=O)O. The second-order valence-corrected chi connectivity index (χ2v) is 3.83. The standard InChI is InChI=1S/C8H8O2.C7H14/c1-6-4-2-3-5-7(6)8(9)10;1-3-5-7-6-4-2/h2-5H,1H3,(H,9,10);3,5H,4,6-7H2,1-2H3. The number of carboxylic acids is 1. The Morgan fingerprint density at radius 1 is 1.35 bits per heavy atom. The third kappa shape index (κ3) is 7.34. The van der Waals surface area contributed by atoms with Gasteiger partial charge in [0.25, 0.3) is 0 Å². The van der Waals surface area contributed by atoms with Gasteiger partial charge in [0.1, 0.15) is 0 Å². The molecule has 0 bridgehead atoms. The quantitative estimate of drug-likeness (QED) is 0.617. The van der Waals surface area contributed by atoms with E-state index in [1.54, 1.807) is 25.1 Å². The number of allylic oxidation sites excluding steroid dienone is 2. The highest BCUT2D eigenvalue weighted by Gasteiger charge is 2.02. The minimum atomic E-state index is -0.863. The molecule has 0 spiro atoms. The summed E-state index contributed by atoms with van der Waals surface area (Å²) in [4.78, 5) is 10.4. The molecular weight excluding hydrogens is 212 g/mol. The van der Waals surface area contributed by atoms with E-state index in [2.05, 4.69) is 26.0 Å². The van der Waals surface area contributed by atoms with Crippen LogP contribution in [0.2, 0.25) is 0 Å². The lowest BCUT2D eigenvalue weighted by Gasteiger charge is -1.96. The molecule has 17 heavy (non-hydrogen) atoms. The molecular formula is C15H22O2. The monoisotopic (exact) mass is 234 g/mol. The number of benzene rings is 1. The summed E-state index contributed by atoms with van der Waals surface area (Å²) in [5.74, 6) is -0.863. The van der Waals surface area contributed by atoms with Crippen molar-refractivity contribution >= 4 is 5.97 Å². The van der Waals surface area contributed by atoms with E-state index >= 15 is 0 Å². The topological polar surface area (TPSA) is 37.3 Å². The van der Waals surface area contributed by atoms with Crippen molar-refractivity contribution in [2.75, 3.05) is 0 Å². The third-order valence-corrected chi connectivity index (χ3v) is 2.34. The van der Waals surface area contributed by atoms with Crippen molar-refractivity contribution in [3.8, 4) is 0 Å². The fourth-order valence-electron chi connectivity index (χ4n) is 1.30. The normalized spacial score (nSPS) is 9.82. The Morgan fingerprint density at radius 3 is 2.41 bits per heavy atom. The van der Waals surface area contributed by atoms with Crippen molar-refractivity contribution < 1.29 is 9.90 Å². The van der Waals surface area contributed by atoms with Gasteiger partial charge >= 0.3 is 5.97 Å². The van der Waals surface area contributed by atoms with Gasteiger partial charge in [-0.1, -0.05) is 50.1 Å². The van der Waals surface area contributed by atoms with Crippen molar-refractivity contribution in [1.29, 1.82) is 0 Å². The molecule has 1 N–H and O–H groups in total. The van der Waals surface area contributed by atoms with Crippen LogP contribution in [0.15, 0.2) is 36.4 Å². The van der Waals surface area contributed by atoms with E-state index in [1.807, 2.05) is 6.07 Å². The molecule has 0 saturated carbocycles. The largest absolute Gasteiger partial charge is 0.478 e. The van der Waals surface area contributed by atoms with E-state index in [4.69, 9.17) is 5.11 Å². The molecule has 0 atom stereocenters. The second kappa shape index (κ2) is 9.64. The molecule has 0 heterocycles. The smallest absolute Gasteiger partial charge is 0.335 e. The summed E-state index contributed by atoms with van der Waals surface area (Å²) in [6, 6.07) is 6.92. The van der Waals surface area contributed by atoms with Gasteiger partial charge in [-0.05, 0) is 31.9 Å². The molecule has 1 rings (SSSR count). The van der Waals surface area contributed by atoms with E-state index in [0.717, 1.165) is 5.56 Å². The molecule has 0 aromatic heterocycles. The van der Waals surface area contributed by atoms with Crippen LogP contribution >= 0.6 is 0 Å². The molecule has 0 aliphatic rings. The van der Waals surface area contributed by atoms with Crippen LogP contribution in [0, 0.1) is 6.92 Å². The fourth-order valence-corrected chi connectivity index (χ4v) is 1.30. The summed E-state index contributed by atoms with van der Waals surface area (Å²) >= 11 is 0. The summed E-state index contributed by atoms with van der Waals surface area (Å²) < 4.78 is 0. The molecule has 0 aliphatic carbocycles. The first kappa shape index (κ1) is 15.4. The first-order valence-corrected chi connectivity index (χ1v) is 6.03. The number of unbranched alkanes of at least 4 members (excludes halogenated alkanes) is 2. The van der Waals surface area contributed by atoms with Gasteiger partial charge in [0.05, 0.1) is 5.56 Å². The number of rotatable bonds is 4. The zero-order valence-corrected chi connectivity index (χ0v) is 10.9. The minimum Gasteiger partial charge on any atom is -0.478 e. The summed E-state index contributed by atoms with van der Waals surface area (Å²) in [7, 11) is 0. The number of aryl methyl sites for hydroxylation is 1. The maximum Gasteiger partial charge on any atom is 0.335 e. The molecule has 0 fully saturated rings. The molecule has 2 heteroatoms. The van der Waals surface area contributed by atoms with Crippen LogP contribution in [-0.4, -0.2) is 11.1 Å². The van der Waals surface area contributed by atoms with Gasteiger partial charge in [0.2, 0.25) is 0 Å². The lowest BCUT2D eigenvalue weighted by molar-refractivity contribution is 0.0696. The minimum absolute atomic E-state index is 0.377. The van der Waals surface area contributed by atoms with Crippen LogP contribution in [0.4, 0.5) is 0 Å². The van der Waals surface area contributed by atoms with E-state index < -0.39 is 5.97 Å². The predicted octanol–water partition coefficient (Wildman–Crippen LogP) is 4.45. The van der Waals surface area contributed by atoms with Gasteiger partial charge in [-0.3, -0.25) is 0 Å². The van der Waals surface area contributed by atoms with Gasteiger partial charge in [-0.25, -0.2) is 4.79 Å². The molecule has 2 nitrogen and oxygen atoms in total. The number of hydrogen-bond donors (Lipinski definition) is 1. The van der Waals surface area contributed by atoms with Gasteiger partial charge in [0, 0.05) is 0 Å². The number of aromatic carboxylic acids is 1. The molecule has 1 aromatic carbocycles. The van der Waals surface area contributed by atoms with Crippen LogP contribution < -0.4 is 0 Å². The maximum atomic E-state index is 10.4. The van der Waals surface area contributed by atoms with E-state index in [-0.39, 0.29) is 0 Å². The maximum absolute atomic E-state index is 10.4. The third-order valence-electron chi connectivity index (χ3n) is 2.34. The van der Waals surface area contributed by atoms with Gasteiger partial charge in [-0.15, -0.1) is 0 Å². The Balaban J connectivity index is 0.000000325. The zero-order valence-electron chi connectivity index (χ0n) is 10.9. The van der Waals surface area contributed by atoms with E-state index in [9.17, 15) is 4.79 Å². The van der Waals surface area contributed by atoms with Crippen molar-refractivity contribution in [1.82, 2.24) is 0 Å². The highest BCUT2D eigenvalue weighted by Crippen LogP contribution is 2.05. The molecule has 0 aliphatic heterocycles. The highest BCUT2D eigenvalue weighted by atomic mass is 16.4. The van der Waals surface area contributed by atoms with Gasteiger partial charge in [0.15, 0.2) is 0 Å². The Kier molecular flexibility index (Phi) is 8.75. The van der Waals surface area contributed by atoms with Crippen LogP contribution in [0.1, 0.15) is 49.0 Å². The van der Waals surface area contributed by atoms with Crippen molar-refractivity contribution in [2.24, 2.45) is 0 Å². The molecule has 94 valence electrons. The first-order chi connectivity index (χ1) is 8.13. The Morgan fingerprint density at radius 2 is 2.00 bits per heavy atom. The van der Waals surface area contributed by atoms with Crippen molar-refractivity contribution in [3.63, 3.8) is 0 Å². The lowest BCUT2D eigenvalue weighted by atomic mass is 10.1. The molecule has 1 aromatic rings. The van der Waals surface area contributed by atoms with Crippen LogP contribution in [0.3, 0.4) is 0 Å². The average Bonchev–Trinajstić information content (AvgIpc) is 2.31. The number of carboxylic acid groups (broad SMARTS) is 1. The molecule has 0 saturated heterocycles. The Hall–Kier alpha value is -1.57. The van der Waals surface area contributed by atoms with Crippen LogP contribution in [0.25, 0.3) is 0 Å². The molecule has 0 unspecified atom stereocenters. The van der Waals surface area contributed by atoms with Gasteiger partial charge in [-0.2, -0.15) is 0 Å². The summed E-state index contributed by atoms with van der Waals surface area (Å²) in [6.07, 6.45) is 8.22. The molecule has 0 radical (unpaired) electrons. The van der Waals surface area contributed by atoms with Gasteiger partial charge < -0.3 is 5.11 Å². The van der Waals surface area contributed by atoms with Crippen molar-refractivity contribution in [2.45, 2.75) is 40.0 Å². The Labute approximate surface area is 104 Å². The number of hydrogen-bond acceptors (Lipinski definition) is 1. The summed E-state index contributed by atoms with van der Waals surface area (Å²) in [6.45, 7) is 6.06. The summed E-state index contributed by atoms with van der Waals surface area (Å²) in [5, 5.41) is 8.57. The first-order valence-electron chi connectivity index (χ1n) is 6.03. The predicted molar refractivity (Wildman–Crippen MR) is 72.5 cm³/mol. The van der Waals surface area contributed by atoms with Crippen LogP contribution in [-0.2, 0) is 0 Å². The lowest BCUT2D eigenvalue weighted by Crippen LogP contribution is -1.97. The van der Waals surface area contributed by atoms with Crippen LogP contribution in [0.5, 0.6) is 0 Å². The van der Waals surface area contributed by atoms with E-state index in [0.29, 0.717) is 5.56 Å². The average molecular weight is 234 g/mol. The Bertz CT molecular complexity index is 354. The summed E-state index contributed by atoms with van der Waals surface area (Å²) in [5.41, 5.74) is 1.18. The zero-order chi connectivity index (χ0) is 13.1.